The molecule has 1 aliphatic rings. The molecule has 116 valence electrons. The highest BCUT2D eigenvalue weighted by molar-refractivity contribution is 7.12. The first-order valence-electron chi connectivity index (χ1n) is 7.59. The van der Waals surface area contributed by atoms with Crippen molar-refractivity contribution in [2.24, 2.45) is 0 Å². The molecular weight excluding hydrogens is 308 g/mol. The second-order valence-corrected chi connectivity index (χ2v) is 7.03. The lowest BCUT2D eigenvalue weighted by Gasteiger charge is -2.16. The molecule has 4 nitrogen and oxygen atoms in total. The molecule has 0 atom stereocenters. The van der Waals surface area contributed by atoms with E-state index in [0.717, 1.165) is 45.8 Å². The summed E-state index contributed by atoms with van der Waals surface area (Å²) in [6.07, 6.45) is 1.73. The highest BCUT2D eigenvalue weighted by Gasteiger charge is 2.22. The van der Waals surface area contributed by atoms with E-state index < -0.39 is 0 Å². The van der Waals surface area contributed by atoms with Gasteiger partial charge in [0.15, 0.2) is 0 Å². The van der Waals surface area contributed by atoms with Crippen molar-refractivity contribution in [3.63, 3.8) is 0 Å². The molecule has 23 heavy (non-hydrogen) atoms. The van der Waals surface area contributed by atoms with Crippen LogP contribution in [0.1, 0.15) is 20.9 Å². The number of aryl methyl sites for hydroxylation is 3. The van der Waals surface area contributed by atoms with Crippen LogP contribution < -0.4 is 5.56 Å². The summed E-state index contributed by atoms with van der Waals surface area (Å²) in [6, 6.07) is 11.5. The predicted molar refractivity (Wildman–Crippen MR) is 91.2 cm³/mol. The normalized spacial score (nSPS) is 12.8. The monoisotopic (exact) mass is 324 g/mol. The summed E-state index contributed by atoms with van der Waals surface area (Å²) in [5.41, 5.74) is 4.73. The average molecular weight is 324 g/mol. The summed E-state index contributed by atoms with van der Waals surface area (Å²) in [5.74, 6) is 0. The third-order valence-corrected chi connectivity index (χ3v) is 5.36. The maximum Gasteiger partial charge on any atom is 0.271 e. The van der Waals surface area contributed by atoms with Crippen LogP contribution in [0.15, 0.2) is 41.2 Å². The van der Waals surface area contributed by atoms with E-state index in [1.165, 1.54) is 9.56 Å². The second-order valence-electron chi connectivity index (χ2n) is 5.81. The molecule has 0 saturated carbocycles. The minimum absolute atomic E-state index is 0.0462. The number of hydrogen-bond donors (Lipinski definition) is 1. The van der Waals surface area contributed by atoms with E-state index in [2.05, 4.69) is 5.10 Å². The Morgan fingerprint density at radius 1 is 1.22 bits per heavy atom. The topological polar surface area (TPSA) is 55.1 Å². The standard InChI is InChI=1S/C18H16N2O2S/c1-11-2-5-13(6-3-11)20-17(22)8-12-4-7-16-15(18(12)19-20)9-14(10-21)23-16/h2-3,5-6,8-9,21H,4,7,10H2,1H3. The van der Waals surface area contributed by atoms with Gasteiger partial charge in [0.25, 0.3) is 5.56 Å². The molecule has 0 spiro atoms. The quantitative estimate of drug-likeness (QED) is 0.788. The number of aliphatic hydroxyl groups is 1. The first-order valence-corrected chi connectivity index (χ1v) is 8.40. The van der Waals surface area contributed by atoms with Crippen LogP contribution in [-0.2, 0) is 19.4 Å². The number of fused-ring (bicyclic) bond motifs is 3. The molecule has 4 rings (SSSR count). The fourth-order valence-corrected chi connectivity index (χ4v) is 4.00. The molecule has 3 aromatic rings. The Bertz CT molecular complexity index is 939. The van der Waals surface area contributed by atoms with E-state index in [0.29, 0.717) is 0 Å². The first-order chi connectivity index (χ1) is 11.2. The fourth-order valence-electron chi connectivity index (χ4n) is 2.98. The Labute approximate surface area is 137 Å². The minimum Gasteiger partial charge on any atom is -0.391 e. The van der Waals surface area contributed by atoms with Gasteiger partial charge in [-0.05, 0) is 43.5 Å². The van der Waals surface area contributed by atoms with Crippen LogP contribution in [0, 0.1) is 6.92 Å². The molecule has 0 aliphatic heterocycles. The molecular formula is C18H16N2O2S. The number of thiophene rings is 1. The van der Waals surface area contributed by atoms with Crippen LogP contribution in [0.4, 0.5) is 0 Å². The average Bonchev–Trinajstić information content (AvgIpc) is 2.99. The molecule has 0 amide bonds. The molecule has 0 fully saturated rings. The first kappa shape index (κ1) is 14.4. The lowest BCUT2D eigenvalue weighted by atomic mass is 9.95. The van der Waals surface area contributed by atoms with Crippen LogP contribution in [0.2, 0.25) is 0 Å². The number of aliphatic hydroxyl groups excluding tert-OH is 1. The summed E-state index contributed by atoms with van der Waals surface area (Å²) in [5, 5.41) is 14.0. The van der Waals surface area contributed by atoms with E-state index >= 15 is 0 Å². The van der Waals surface area contributed by atoms with Gasteiger partial charge < -0.3 is 5.11 Å². The van der Waals surface area contributed by atoms with Crippen molar-refractivity contribution >= 4 is 11.3 Å². The van der Waals surface area contributed by atoms with Crippen molar-refractivity contribution in [3.05, 3.63) is 67.6 Å². The molecule has 2 heterocycles. The van der Waals surface area contributed by atoms with Crippen molar-refractivity contribution in [2.75, 3.05) is 0 Å². The SMILES string of the molecule is Cc1ccc(-n2nc3c(cc2=O)CCc2sc(CO)cc2-3)cc1. The van der Waals surface area contributed by atoms with Crippen LogP contribution in [0.5, 0.6) is 0 Å². The molecule has 0 radical (unpaired) electrons. The van der Waals surface area contributed by atoms with E-state index in [1.54, 1.807) is 17.4 Å². The van der Waals surface area contributed by atoms with E-state index in [-0.39, 0.29) is 12.2 Å². The zero-order valence-electron chi connectivity index (χ0n) is 12.7. The summed E-state index contributed by atoms with van der Waals surface area (Å²) < 4.78 is 1.46. The van der Waals surface area contributed by atoms with Gasteiger partial charge in [-0.3, -0.25) is 4.79 Å². The Morgan fingerprint density at radius 2 is 2.00 bits per heavy atom. The Morgan fingerprint density at radius 3 is 2.74 bits per heavy atom. The van der Waals surface area contributed by atoms with Gasteiger partial charge in [-0.2, -0.15) is 9.78 Å². The van der Waals surface area contributed by atoms with E-state index in [4.69, 9.17) is 0 Å². The number of hydrogen-bond acceptors (Lipinski definition) is 4. The molecule has 0 bridgehead atoms. The molecule has 1 N–H and O–H groups in total. The number of benzene rings is 1. The Hall–Kier alpha value is -2.24. The van der Waals surface area contributed by atoms with Crippen LogP contribution in [0.25, 0.3) is 16.9 Å². The summed E-state index contributed by atoms with van der Waals surface area (Å²) >= 11 is 1.63. The smallest absolute Gasteiger partial charge is 0.271 e. The summed E-state index contributed by atoms with van der Waals surface area (Å²) in [7, 11) is 0. The molecule has 0 saturated heterocycles. The lowest BCUT2D eigenvalue weighted by molar-refractivity contribution is 0.285. The Kier molecular flexibility index (Phi) is 3.39. The maximum absolute atomic E-state index is 12.4. The van der Waals surface area contributed by atoms with Crippen molar-refractivity contribution in [1.29, 1.82) is 0 Å². The van der Waals surface area contributed by atoms with E-state index in [1.807, 2.05) is 37.3 Å². The molecule has 5 heteroatoms. The largest absolute Gasteiger partial charge is 0.391 e. The number of rotatable bonds is 2. The molecule has 2 aromatic heterocycles. The van der Waals surface area contributed by atoms with Crippen molar-refractivity contribution in [2.45, 2.75) is 26.4 Å². The van der Waals surface area contributed by atoms with Gasteiger partial charge in [-0.25, -0.2) is 0 Å². The van der Waals surface area contributed by atoms with Gasteiger partial charge in [0.1, 0.15) is 0 Å². The zero-order valence-corrected chi connectivity index (χ0v) is 13.6. The highest BCUT2D eigenvalue weighted by Crippen LogP contribution is 2.37. The second kappa shape index (κ2) is 5.44. The summed E-state index contributed by atoms with van der Waals surface area (Å²) in [6.45, 7) is 2.06. The number of nitrogens with zero attached hydrogens (tertiary/aromatic N) is 2. The summed E-state index contributed by atoms with van der Waals surface area (Å²) in [4.78, 5) is 14.6. The fraction of sp³-hybridized carbons (Fsp3) is 0.222. The van der Waals surface area contributed by atoms with Gasteiger partial charge in [-0.15, -0.1) is 11.3 Å². The van der Waals surface area contributed by atoms with E-state index in [9.17, 15) is 9.90 Å². The third kappa shape index (κ3) is 2.42. The van der Waals surface area contributed by atoms with Crippen molar-refractivity contribution < 1.29 is 5.11 Å². The predicted octanol–water partition coefficient (Wildman–Crippen LogP) is 2.86. The van der Waals surface area contributed by atoms with Crippen LogP contribution >= 0.6 is 11.3 Å². The van der Waals surface area contributed by atoms with Crippen LogP contribution in [-0.4, -0.2) is 14.9 Å². The van der Waals surface area contributed by atoms with Gasteiger partial charge in [0.2, 0.25) is 0 Å². The minimum atomic E-state index is -0.103. The lowest BCUT2D eigenvalue weighted by Crippen LogP contribution is -2.23. The zero-order chi connectivity index (χ0) is 16.0. The van der Waals surface area contributed by atoms with Gasteiger partial charge in [-0.1, -0.05) is 17.7 Å². The molecule has 1 aliphatic carbocycles. The van der Waals surface area contributed by atoms with Gasteiger partial charge in [0, 0.05) is 21.4 Å². The molecule has 1 aromatic carbocycles. The maximum atomic E-state index is 12.4. The van der Waals surface area contributed by atoms with Crippen LogP contribution in [0.3, 0.4) is 0 Å². The Balaban J connectivity index is 1.90. The molecule has 0 unspecified atom stereocenters. The highest BCUT2D eigenvalue weighted by atomic mass is 32.1. The van der Waals surface area contributed by atoms with Crippen molar-refractivity contribution in [1.82, 2.24) is 9.78 Å². The van der Waals surface area contributed by atoms with Gasteiger partial charge in [0.05, 0.1) is 18.0 Å². The van der Waals surface area contributed by atoms with Gasteiger partial charge >= 0.3 is 0 Å². The van der Waals surface area contributed by atoms with Crippen molar-refractivity contribution in [3.8, 4) is 16.9 Å². The third-order valence-electron chi connectivity index (χ3n) is 4.18. The number of aromatic nitrogens is 2.